The topological polar surface area (TPSA) is 83.6 Å². The zero-order valence-corrected chi connectivity index (χ0v) is 10.9. The Morgan fingerprint density at radius 1 is 1.20 bits per heavy atom. The van der Waals surface area contributed by atoms with Crippen molar-refractivity contribution in [1.29, 1.82) is 0 Å². The molecule has 1 aromatic heterocycles. The molecule has 0 spiro atoms. The maximum absolute atomic E-state index is 12.4. The van der Waals surface area contributed by atoms with E-state index in [2.05, 4.69) is 25.9 Å². The van der Waals surface area contributed by atoms with Crippen LogP contribution < -0.4 is 5.32 Å². The number of carbonyl (C=O) groups excluding carboxylic acids is 1. The number of nitrogens with one attached hydrogen (secondary N) is 2. The minimum absolute atomic E-state index is 0.154. The first-order chi connectivity index (χ1) is 9.75. The largest absolute Gasteiger partial charge is 0.342 e. The van der Waals surface area contributed by atoms with Crippen molar-refractivity contribution in [2.45, 2.75) is 13.0 Å². The van der Waals surface area contributed by atoms with Crippen LogP contribution in [0.15, 0.2) is 42.5 Å². The highest BCUT2D eigenvalue weighted by Crippen LogP contribution is 2.19. The van der Waals surface area contributed by atoms with Gasteiger partial charge in [-0.05, 0) is 23.8 Å². The Balaban J connectivity index is 1.89. The van der Waals surface area contributed by atoms with Gasteiger partial charge in [0.2, 0.25) is 0 Å². The van der Waals surface area contributed by atoms with Gasteiger partial charge in [0.25, 0.3) is 5.91 Å². The standard InChI is InChI=1S/C14H13N5O/c1-9(13-16-18-19-17-13)15-14(20)12-8-4-6-10-5-2-3-7-11(10)12/h2-9H,1H3,(H,15,20)(H,16,17,18,19). The molecule has 2 N–H and O–H groups in total. The number of rotatable bonds is 3. The fraction of sp³-hybridized carbons (Fsp3) is 0.143. The zero-order chi connectivity index (χ0) is 13.9. The zero-order valence-electron chi connectivity index (χ0n) is 10.9. The van der Waals surface area contributed by atoms with E-state index in [1.807, 2.05) is 43.3 Å². The van der Waals surface area contributed by atoms with E-state index < -0.39 is 0 Å². The number of amides is 1. The summed E-state index contributed by atoms with van der Waals surface area (Å²) in [6.07, 6.45) is 0. The Labute approximate surface area is 115 Å². The van der Waals surface area contributed by atoms with Gasteiger partial charge in [-0.1, -0.05) is 41.6 Å². The van der Waals surface area contributed by atoms with Crippen molar-refractivity contribution in [3.8, 4) is 0 Å². The highest BCUT2D eigenvalue weighted by molar-refractivity contribution is 6.07. The summed E-state index contributed by atoms with van der Waals surface area (Å²) in [6.45, 7) is 1.81. The number of fused-ring (bicyclic) bond motifs is 1. The van der Waals surface area contributed by atoms with Crippen molar-refractivity contribution in [3.63, 3.8) is 0 Å². The Kier molecular flexibility index (Phi) is 3.12. The number of carbonyl (C=O) groups is 1. The van der Waals surface area contributed by atoms with Crippen LogP contribution in [0.2, 0.25) is 0 Å². The number of benzene rings is 2. The number of hydrogen-bond donors (Lipinski definition) is 2. The number of aromatic amines is 1. The normalized spacial score (nSPS) is 12.2. The smallest absolute Gasteiger partial charge is 0.252 e. The van der Waals surface area contributed by atoms with Crippen molar-refractivity contribution in [1.82, 2.24) is 25.9 Å². The molecule has 0 aliphatic rings. The van der Waals surface area contributed by atoms with E-state index in [4.69, 9.17) is 0 Å². The molecular weight excluding hydrogens is 254 g/mol. The SMILES string of the molecule is CC(NC(=O)c1cccc2ccccc12)c1nn[nH]n1. The molecule has 0 fully saturated rings. The predicted molar refractivity (Wildman–Crippen MR) is 74.0 cm³/mol. The van der Waals surface area contributed by atoms with Crippen molar-refractivity contribution in [2.24, 2.45) is 0 Å². The molecule has 20 heavy (non-hydrogen) atoms. The average molecular weight is 267 g/mol. The average Bonchev–Trinajstić information content (AvgIpc) is 3.01. The maximum atomic E-state index is 12.4. The molecule has 0 saturated carbocycles. The lowest BCUT2D eigenvalue weighted by atomic mass is 10.0. The first-order valence-corrected chi connectivity index (χ1v) is 6.27. The molecule has 6 heteroatoms. The Hall–Kier alpha value is -2.76. The van der Waals surface area contributed by atoms with Gasteiger partial charge in [-0.2, -0.15) is 5.21 Å². The fourth-order valence-corrected chi connectivity index (χ4v) is 2.12. The molecule has 1 heterocycles. The Bertz CT molecular complexity index is 733. The van der Waals surface area contributed by atoms with E-state index >= 15 is 0 Å². The first kappa shape index (κ1) is 12.3. The van der Waals surface area contributed by atoms with Crippen LogP contribution in [-0.2, 0) is 0 Å². The molecule has 0 radical (unpaired) electrons. The lowest BCUT2D eigenvalue weighted by molar-refractivity contribution is 0.0940. The summed E-state index contributed by atoms with van der Waals surface area (Å²) in [7, 11) is 0. The van der Waals surface area contributed by atoms with E-state index in [1.54, 1.807) is 6.07 Å². The molecule has 3 aromatic rings. The molecule has 1 unspecified atom stereocenters. The van der Waals surface area contributed by atoms with Crippen molar-refractivity contribution in [3.05, 3.63) is 53.9 Å². The van der Waals surface area contributed by atoms with Crippen molar-refractivity contribution < 1.29 is 4.79 Å². The van der Waals surface area contributed by atoms with Gasteiger partial charge in [-0.25, -0.2) is 0 Å². The number of tetrazole rings is 1. The van der Waals surface area contributed by atoms with Crippen LogP contribution in [0, 0.1) is 0 Å². The lowest BCUT2D eigenvalue weighted by Gasteiger charge is -2.11. The van der Waals surface area contributed by atoms with Crippen LogP contribution in [0.1, 0.15) is 29.1 Å². The van der Waals surface area contributed by atoms with Crippen molar-refractivity contribution >= 4 is 16.7 Å². The van der Waals surface area contributed by atoms with Crippen LogP contribution in [-0.4, -0.2) is 26.5 Å². The third-order valence-corrected chi connectivity index (χ3v) is 3.13. The predicted octanol–water partition coefficient (Wildman–Crippen LogP) is 1.84. The summed E-state index contributed by atoms with van der Waals surface area (Å²) in [5.41, 5.74) is 0.637. The number of aromatic nitrogens is 4. The van der Waals surface area contributed by atoms with Crippen LogP contribution in [0.5, 0.6) is 0 Å². The van der Waals surface area contributed by atoms with Crippen LogP contribution in [0.3, 0.4) is 0 Å². The van der Waals surface area contributed by atoms with E-state index in [9.17, 15) is 4.79 Å². The summed E-state index contributed by atoms with van der Waals surface area (Å²) >= 11 is 0. The van der Waals surface area contributed by atoms with Gasteiger partial charge in [-0.15, -0.1) is 10.2 Å². The Morgan fingerprint density at radius 2 is 2.00 bits per heavy atom. The molecule has 0 aliphatic heterocycles. The quantitative estimate of drug-likeness (QED) is 0.758. The van der Waals surface area contributed by atoms with Crippen molar-refractivity contribution in [2.75, 3.05) is 0 Å². The van der Waals surface area contributed by atoms with E-state index in [0.29, 0.717) is 11.4 Å². The second-order valence-electron chi connectivity index (χ2n) is 4.49. The van der Waals surface area contributed by atoms with Gasteiger partial charge in [0.05, 0.1) is 6.04 Å². The lowest BCUT2D eigenvalue weighted by Crippen LogP contribution is -2.27. The highest BCUT2D eigenvalue weighted by Gasteiger charge is 2.16. The molecule has 0 bridgehead atoms. The second kappa shape index (κ2) is 5.08. The molecule has 0 aliphatic carbocycles. The summed E-state index contributed by atoms with van der Waals surface area (Å²) in [4.78, 5) is 12.4. The number of hydrogen-bond acceptors (Lipinski definition) is 4. The molecule has 2 aromatic carbocycles. The van der Waals surface area contributed by atoms with Crippen LogP contribution in [0.4, 0.5) is 0 Å². The molecule has 1 amide bonds. The number of H-pyrrole nitrogens is 1. The summed E-state index contributed by atoms with van der Waals surface area (Å²) in [6, 6.07) is 13.1. The van der Waals surface area contributed by atoms with Gasteiger partial charge in [0.15, 0.2) is 5.82 Å². The monoisotopic (exact) mass is 267 g/mol. The Morgan fingerprint density at radius 3 is 2.80 bits per heavy atom. The summed E-state index contributed by atoms with van der Waals surface area (Å²) < 4.78 is 0. The van der Waals surface area contributed by atoms with Gasteiger partial charge in [0, 0.05) is 5.56 Å². The summed E-state index contributed by atoms with van der Waals surface area (Å²) in [5, 5.41) is 18.4. The van der Waals surface area contributed by atoms with Gasteiger partial charge in [-0.3, -0.25) is 4.79 Å². The molecular formula is C14H13N5O. The van der Waals surface area contributed by atoms with E-state index in [-0.39, 0.29) is 11.9 Å². The molecule has 100 valence electrons. The van der Waals surface area contributed by atoms with E-state index in [0.717, 1.165) is 10.8 Å². The molecule has 3 rings (SSSR count). The molecule has 6 nitrogen and oxygen atoms in total. The van der Waals surface area contributed by atoms with Gasteiger partial charge < -0.3 is 5.32 Å². The van der Waals surface area contributed by atoms with E-state index in [1.165, 1.54) is 0 Å². The third kappa shape index (κ3) is 2.23. The molecule has 0 saturated heterocycles. The maximum Gasteiger partial charge on any atom is 0.252 e. The fourth-order valence-electron chi connectivity index (χ4n) is 2.12. The summed E-state index contributed by atoms with van der Waals surface area (Å²) in [5.74, 6) is 0.303. The first-order valence-electron chi connectivity index (χ1n) is 6.27. The number of nitrogens with zero attached hydrogens (tertiary/aromatic N) is 3. The van der Waals surface area contributed by atoms with Gasteiger partial charge >= 0.3 is 0 Å². The van der Waals surface area contributed by atoms with Crippen LogP contribution in [0.25, 0.3) is 10.8 Å². The minimum atomic E-state index is -0.305. The minimum Gasteiger partial charge on any atom is -0.342 e. The molecule has 1 atom stereocenters. The van der Waals surface area contributed by atoms with Gasteiger partial charge in [0.1, 0.15) is 0 Å². The van der Waals surface area contributed by atoms with Crippen LogP contribution >= 0.6 is 0 Å². The highest BCUT2D eigenvalue weighted by atomic mass is 16.1. The second-order valence-corrected chi connectivity index (χ2v) is 4.49. The third-order valence-electron chi connectivity index (χ3n) is 3.13.